The second-order valence-electron chi connectivity index (χ2n) is 5.47. The van der Waals surface area contributed by atoms with Crippen molar-refractivity contribution in [2.24, 2.45) is 0 Å². The van der Waals surface area contributed by atoms with Gasteiger partial charge in [0.2, 0.25) is 0 Å². The number of aryl methyl sites for hydroxylation is 1. The molecule has 3 heteroatoms. The van der Waals surface area contributed by atoms with E-state index in [4.69, 9.17) is 5.73 Å². The summed E-state index contributed by atoms with van der Waals surface area (Å²) in [6.07, 6.45) is 5.71. The van der Waals surface area contributed by atoms with Crippen molar-refractivity contribution in [2.75, 3.05) is 17.2 Å². The Morgan fingerprint density at radius 2 is 2.11 bits per heavy atom. The van der Waals surface area contributed by atoms with Crippen LogP contribution in [0, 0.1) is 6.92 Å². The van der Waals surface area contributed by atoms with E-state index < -0.39 is 0 Å². The fraction of sp³-hybridized carbons (Fsp3) is 0.438. The van der Waals surface area contributed by atoms with Gasteiger partial charge in [-0.1, -0.05) is 6.92 Å². The third-order valence-electron chi connectivity index (χ3n) is 3.81. The molecule has 1 aliphatic carbocycles. The van der Waals surface area contributed by atoms with Gasteiger partial charge in [-0.15, -0.1) is 0 Å². The summed E-state index contributed by atoms with van der Waals surface area (Å²) in [6.45, 7) is 5.39. The molecule has 0 unspecified atom stereocenters. The first-order valence-electron chi connectivity index (χ1n) is 7.12. The predicted octanol–water partition coefficient (Wildman–Crippen LogP) is 3.50. The monoisotopic (exact) mass is 255 g/mol. The topological polar surface area (TPSA) is 42.1 Å². The largest absolute Gasteiger partial charge is 0.398 e. The molecule has 19 heavy (non-hydrogen) atoms. The second-order valence-corrected chi connectivity index (χ2v) is 5.47. The van der Waals surface area contributed by atoms with Gasteiger partial charge in [-0.3, -0.25) is 4.98 Å². The van der Waals surface area contributed by atoms with E-state index in [2.05, 4.69) is 28.9 Å². The average Bonchev–Trinajstić information content (AvgIpc) is 3.21. The standard InChI is InChI=1S/C16H21N3/c1-3-8-19(12-4-5-12)16-7-6-15(17)14-10-18-11(2)9-13(14)16/h6-7,9-10,12H,3-5,8,17H2,1-2H3. The second kappa shape index (κ2) is 4.72. The molecular formula is C16H21N3. The number of anilines is 2. The molecule has 2 aromatic rings. The minimum atomic E-state index is 0.722. The van der Waals surface area contributed by atoms with Gasteiger partial charge in [0, 0.05) is 46.6 Å². The molecule has 0 aliphatic heterocycles. The van der Waals surface area contributed by atoms with E-state index in [9.17, 15) is 0 Å². The van der Waals surface area contributed by atoms with Crippen LogP contribution >= 0.6 is 0 Å². The molecule has 3 nitrogen and oxygen atoms in total. The van der Waals surface area contributed by atoms with Crippen molar-refractivity contribution in [1.82, 2.24) is 4.98 Å². The molecule has 3 rings (SSSR count). The molecule has 0 bridgehead atoms. The summed E-state index contributed by atoms with van der Waals surface area (Å²) < 4.78 is 0. The molecule has 1 aromatic carbocycles. The van der Waals surface area contributed by atoms with Crippen molar-refractivity contribution in [2.45, 2.75) is 39.2 Å². The smallest absolute Gasteiger partial charge is 0.0451 e. The summed E-state index contributed by atoms with van der Waals surface area (Å²) >= 11 is 0. The van der Waals surface area contributed by atoms with E-state index in [1.165, 1.54) is 30.3 Å². The number of nitrogens with zero attached hydrogens (tertiary/aromatic N) is 2. The highest BCUT2D eigenvalue weighted by Crippen LogP contribution is 2.37. The third-order valence-corrected chi connectivity index (χ3v) is 3.81. The number of pyridine rings is 1. The minimum absolute atomic E-state index is 0.722. The van der Waals surface area contributed by atoms with Crippen LogP contribution < -0.4 is 10.6 Å². The van der Waals surface area contributed by atoms with Gasteiger partial charge in [0.25, 0.3) is 0 Å². The highest BCUT2D eigenvalue weighted by Gasteiger charge is 2.29. The van der Waals surface area contributed by atoms with Gasteiger partial charge in [0.05, 0.1) is 0 Å². The van der Waals surface area contributed by atoms with E-state index in [0.29, 0.717) is 0 Å². The Bertz CT molecular complexity index is 602. The zero-order valence-corrected chi connectivity index (χ0v) is 11.7. The summed E-state index contributed by atoms with van der Waals surface area (Å²) in [7, 11) is 0. The molecule has 0 radical (unpaired) electrons. The molecule has 0 spiro atoms. The van der Waals surface area contributed by atoms with Gasteiger partial charge in [-0.05, 0) is 44.4 Å². The molecule has 0 atom stereocenters. The summed E-state index contributed by atoms with van der Waals surface area (Å²) in [5.74, 6) is 0. The predicted molar refractivity (Wildman–Crippen MR) is 81.6 cm³/mol. The summed E-state index contributed by atoms with van der Waals surface area (Å²) in [4.78, 5) is 6.92. The van der Waals surface area contributed by atoms with Crippen LogP contribution in [0.25, 0.3) is 10.8 Å². The molecule has 100 valence electrons. The number of nitrogen functional groups attached to an aromatic ring is 1. The minimum Gasteiger partial charge on any atom is -0.398 e. The lowest BCUT2D eigenvalue weighted by Crippen LogP contribution is -2.26. The number of hydrogen-bond acceptors (Lipinski definition) is 3. The normalized spacial score (nSPS) is 14.8. The molecule has 1 saturated carbocycles. The molecule has 2 N–H and O–H groups in total. The van der Waals surface area contributed by atoms with Gasteiger partial charge in [0.15, 0.2) is 0 Å². The van der Waals surface area contributed by atoms with Crippen LogP contribution in [0.3, 0.4) is 0 Å². The average molecular weight is 255 g/mol. The van der Waals surface area contributed by atoms with Crippen LogP contribution in [-0.4, -0.2) is 17.6 Å². The maximum Gasteiger partial charge on any atom is 0.0451 e. The number of aromatic nitrogens is 1. The Labute approximate surface area is 114 Å². The lowest BCUT2D eigenvalue weighted by atomic mass is 10.1. The van der Waals surface area contributed by atoms with Gasteiger partial charge < -0.3 is 10.6 Å². The first-order chi connectivity index (χ1) is 9.20. The molecule has 1 aliphatic rings. The zero-order chi connectivity index (χ0) is 13.4. The van der Waals surface area contributed by atoms with Crippen LogP contribution in [0.1, 0.15) is 31.9 Å². The van der Waals surface area contributed by atoms with Crippen molar-refractivity contribution < 1.29 is 0 Å². The summed E-state index contributed by atoms with van der Waals surface area (Å²) in [6, 6.07) is 7.07. The maximum atomic E-state index is 6.08. The maximum absolute atomic E-state index is 6.08. The third kappa shape index (κ3) is 2.25. The Kier molecular flexibility index (Phi) is 3.05. The fourth-order valence-corrected chi connectivity index (χ4v) is 2.73. The van der Waals surface area contributed by atoms with E-state index >= 15 is 0 Å². The van der Waals surface area contributed by atoms with E-state index in [1.54, 1.807) is 0 Å². The van der Waals surface area contributed by atoms with Gasteiger partial charge >= 0.3 is 0 Å². The highest BCUT2D eigenvalue weighted by atomic mass is 15.2. The van der Waals surface area contributed by atoms with Crippen LogP contribution in [0.2, 0.25) is 0 Å². The number of hydrogen-bond donors (Lipinski definition) is 1. The van der Waals surface area contributed by atoms with Gasteiger partial charge in [-0.2, -0.15) is 0 Å². The van der Waals surface area contributed by atoms with Crippen LogP contribution in [0.4, 0.5) is 11.4 Å². The Balaban J connectivity index is 2.16. The number of nitrogens with two attached hydrogens (primary N) is 1. The quantitative estimate of drug-likeness (QED) is 0.850. The van der Waals surface area contributed by atoms with Crippen molar-refractivity contribution in [1.29, 1.82) is 0 Å². The van der Waals surface area contributed by atoms with E-state index in [-0.39, 0.29) is 0 Å². The molecular weight excluding hydrogens is 234 g/mol. The highest BCUT2D eigenvalue weighted by molar-refractivity contribution is 6.01. The summed E-state index contributed by atoms with van der Waals surface area (Å²) in [5, 5.41) is 2.32. The van der Waals surface area contributed by atoms with E-state index in [0.717, 1.165) is 29.4 Å². The zero-order valence-electron chi connectivity index (χ0n) is 11.7. The first kappa shape index (κ1) is 12.3. The SMILES string of the molecule is CCCN(c1ccc(N)c2cnc(C)cc12)C1CC1. The Morgan fingerprint density at radius 3 is 2.79 bits per heavy atom. The Morgan fingerprint density at radius 1 is 1.32 bits per heavy atom. The number of rotatable bonds is 4. The molecule has 1 heterocycles. The van der Waals surface area contributed by atoms with Crippen molar-refractivity contribution in [3.8, 4) is 0 Å². The van der Waals surface area contributed by atoms with Crippen molar-refractivity contribution >= 4 is 22.1 Å². The Hall–Kier alpha value is -1.77. The number of fused-ring (bicyclic) bond motifs is 1. The lowest BCUT2D eigenvalue weighted by molar-refractivity contribution is 0.766. The van der Waals surface area contributed by atoms with Crippen LogP contribution in [0.5, 0.6) is 0 Å². The molecule has 1 aromatic heterocycles. The molecule has 0 amide bonds. The van der Waals surface area contributed by atoms with Crippen molar-refractivity contribution in [3.63, 3.8) is 0 Å². The van der Waals surface area contributed by atoms with Crippen molar-refractivity contribution in [3.05, 3.63) is 30.1 Å². The first-order valence-corrected chi connectivity index (χ1v) is 7.12. The molecule has 1 fully saturated rings. The number of benzene rings is 1. The van der Waals surface area contributed by atoms with Crippen LogP contribution in [0.15, 0.2) is 24.4 Å². The summed E-state index contributed by atoms with van der Waals surface area (Å²) in [5.41, 5.74) is 9.27. The lowest BCUT2D eigenvalue weighted by Gasteiger charge is -2.26. The molecule has 0 saturated heterocycles. The van der Waals surface area contributed by atoms with Crippen LogP contribution in [-0.2, 0) is 0 Å². The van der Waals surface area contributed by atoms with Gasteiger partial charge in [-0.25, -0.2) is 0 Å². The fourth-order valence-electron chi connectivity index (χ4n) is 2.73. The van der Waals surface area contributed by atoms with Gasteiger partial charge in [0.1, 0.15) is 0 Å². The van der Waals surface area contributed by atoms with E-state index in [1.807, 2.05) is 19.2 Å².